The number of amides is 1. The molecule has 0 unspecified atom stereocenters. The Morgan fingerprint density at radius 1 is 1.43 bits per heavy atom. The maximum Gasteiger partial charge on any atom is 0.277 e. The molecule has 0 bridgehead atoms. The van der Waals surface area contributed by atoms with Gasteiger partial charge in [-0.15, -0.1) is 10.2 Å². The molecule has 2 aromatic rings. The Kier molecular flexibility index (Phi) is 4.97. The maximum absolute atomic E-state index is 12.1. The number of hydrogen-bond acceptors (Lipinski definition) is 6. The summed E-state index contributed by atoms with van der Waals surface area (Å²) >= 11 is 1.26. The van der Waals surface area contributed by atoms with Gasteiger partial charge in [0.15, 0.2) is 0 Å². The Hall–Kier alpha value is -1.86. The summed E-state index contributed by atoms with van der Waals surface area (Å²) in [4.78, 5) is 12.1. The van der Waals surface area contributed by atoms with E-state index in [-0.39, 0.29) is 17.7 Å². The van der Waals surface area contributed by atoms with E-state index in [4.69, 9.17) is 4.42 Å². The lowest BCUT2D eigenvalue weighted by atomic mass is 10.1. The van der Waals surface area contributed by atoms with E-state index in [2.05, 4.69) is 20.8 Å². The van der Waals surface area contributed by atoms with Crippen molar-refractivity contribution < 1.29 is 9.21 Å². The summed E-state index contributed by atoms with van der Waals surface area (Å²) < 4.78 is 5.61. The molecule has 1 aromatic carbocycles. The largest absolute Gasteiger partial charge is 0.414 e. The molecule has 0 spiro atoms. The Morgan fingerprint density at radius 2 is 2.30 bits per heavy atom. The summed E-state index contributed by atoms with van der Waals surface area (Å²) in [6, 6.07) is 6.02. The number of carbonyl (C=O) groups excluding carboxylic acids is 1. The highest BCUT2D eigenvalue weighted by Crippen LogP contribution is 2.25. The summed E-state index contributed by atoms with van der Waals surface area (Å²) in [5, 5.41) is 14.7. The lowest BCUT2D eigenvalue weighted by Crippen LogP contribution is -2.15. The van der Waals surface area contributed by atoms with Gasteiger partial charge in [-0.3, -0.25) is 4.79 Å². The van der Waals surface area contributed by atoms with Gasteiger partial charge in [-0.05, 0) is 50.4 Å². The van der Waals surface area contributed by atoms with Crippen LogP contribution in [0.1, 0.15) is 35.9 Å². The minimum absolute atomic E-state index is 0.0811. The van der Waals surface area contributed by atoms with Gasteiger partial charge in [0, 0.05) is 5.69 Å². The molecule has 1 fully saturated rings. The SMILES string of the molecule is Cc1cccc(NC(=O)CSc2nnc([C@@H]3CCCN3)o2)c1C. The van der Waals surface area contributed by atoms with E-state index in [1.807, 2.05) is 32.0 Å². The molecule has 3 rings (SSSR count). The average molecular weight is 332 g/mol. The molecule has 1 saturated heterocycles. The number of aryl methyl sites for hydroxylation is 1. The van der Waals surface area contributed by atoms with Gasteiger partial charge < -0.3 is 15.1 Å². The van der Waals surface area contributed by atoms with Crippen LogP contribution in [-0.4, -0.2) is 28.4 Å². The van der Waals surface area contributed by atoms with Crippen molar-refractivity contribution >= 4 is 23.4 Å². The van der Waals surface area contributed by atoms with Crippen molar-refractivity contribution in [1.82, 2.24) is 15.5 Å². The third kappa shape index (κ3) is 3.92. The van der Waals surface area contributed by atoms with Crippen molar-refractivity contribution in [2.75, 3.05) is 17.6 Å². The van der Waals surface area contributed by atoms with E-state index in [1.165, 1.54) is 11.8 Å². The average Bonchev–Trinajstić information content (AvgIpc) is 3.20. The Morgan fingerprint density at radius 3 is 3.09 bits per heavy atom. The third-order valence-corrected chi connectivity index (χ3v) is 4.80. The molecule has 1 atom stereocenters. The molecule has 0 radical (unpaired) electrons. The number of nitrogens with zero attached hydrogens (tertiary/aromatic N) is 2. The number of nitrogens with one attached hydrogen (secondary N) is 2. The quantitative estimate of drug-likeness (QED) is 0.820. The summed E-state index contributed by atoms with van der Waals surface area (Å²) in [6.07, 6.45) is 2.13. The molecular weight excluding hydrogens is 312 g/mol. The molecule has 6 nitrogen and oxygen atoms in total. The summed E-state index contributed by atoms with van der Waals surface area (Å²) in [7, 11) is 0. The molecule has 23 heavy (non-hydrogen) atoms. The van der Waals surface area contributed by atoms with Crippen LogP contribution in [0, 0.1) is 13.8 Å². The first-order valence-corrected chi connectivity index (χ1v) is 8.67. The van der Waals surface area contributed by atoms with E-state index in [0.29, 0.717) is 11.1 Å². The number of hydrogen-bond donors (Lipinski definition) is 2. The van der Waals surface area contributed by atoms with Crippen LogP contribution < -0.4 is 10.6 Å². The number of benzene rings is 1. The van der Waals surface area contributed by atoms with E-state index in [0.717, 1.165) is 36.2 Å². The number of rotatable bonds is 5. The van der Waals surface area contributed by atoms with Crippen LogP contribution in [0.3, 0.4) is 0 Å². The fraction of sp³-hybridized carbons (Fsp3) is 0.438. The number of anilines is 1. The number of aromatic nitrogens is 2. The molecule has 1 aliphatic heterocycles. The van der Waals surface area contributed by atoms with Crippen molar-refractivity contribution in [1.29, 1.82) is 0 Å². The lowest BCUT2D eigenvalue weighted by Gasteiger charge is -2.09. The zero-order valence-electron chi connectivity index (χ0n) is 13.3. The van der Waals surface area contributed by atoms with Crippen molar-refractivity contribution in [2.45, 2.75) is 38.0 Å². The fourth-order valence-electron chi connectivity index (χ4n) is 2.51. The van der Waals surface area contributed by atoms with Crippen molar-refractivity contribution in [3.63, 3.8) is 0 Å². The summed E-state index contributed by atoms with van der Waals surface area (Å²) in [6.45, 7) is 5.00. The Balaban J connectivity index is 1.53. The van der Waals surface area contributed by atoms with Crippen LogP contribution in [0.5, 0.6) is 0 Å². The predicted molar refractivity (Wildman–Crippen MR) is 89.5 cm³/mol. The first-order valence-electron chi connectivity index (χ1n) is 7.69. The minimum atomic E-state index is -0.0811. The Bertz CT molecular complexity index is 695. The second kappa shape index (κ2) is 7.14. The van der Waals surface area contributed by atoms with E-state index < -0.39 is 0 Å². The third-order valence-electron chi connectivity index (χ3n) is 3.99. The predicted octanol–water partition coefficient (Wildman–Crippen LogP) is 2.84. The van der Waals surface area contributed by atoms with E-state index >= 15 is 0 Å². The first-order chi connectivity index (χ1) is 11.1. The molecular formula is C16H20N4O2S. The van der Waals surface area contributed by atoms with Crippen molar-refractivity contribution in [2.24, 2.45) is 0 Å². The van der Waals surface area contributed by atoms with Gasteiger partial charge in [0.1, 0.15) is 0 Å². The van der Waals surface area contributed by atoms with Gasteiger partial charge in [-0.1, -0.05) is 23.9 Å². The van der Waals surface area contributed by atoms with E-state index in [1.54, 1.807) is 0 Å². The van der Waals surface area contributed by atoms with Crippen LogP contribution in [0.2, 0.25) is 0 Å². The molecule has 122 valence electrons. The van der Waals surface area contributed by atoms with E-state index in [9.17, 15) is 4.79 Å². The molecule has 2 heterocycles. The van der Waals surface area contributed by atoms with Gasteiger partial charge in [0.2, 0.25) is 11.8 Å². The number of thioether (sulfide) groups is 1. The van der Waals surface area contributed by atoms with Crippen LogP contribution in [0.15, 0.2) is 27.8 Å². The van der Waals surface area contributed by atoms with Gasteiger partial charge in [-0.2, -0.15) is 0 Å². The zero-order chi connectivity index (χ0) is 16.2. The fourth-order valence-corrected chi connectivity index (χ4v) is 3.08. The van der Waals surface area contributed by atoms with Gasteiger partial charge in [0.05, 0.1) is 11.8 Å². The highest BCUT2D eigenvalue weighted by atomic mass is 32.2. The molecule has 1 aliphatic rings. The van der Waals surface area contributed by atoms with Gasteiger partial charge in [0.25, 0.3) is 5.22 Å². The molecule has 1 amide bonds. The second-order valence-electron chi connectivity index (χ2n) is 5.64. The smallest absolute Gasteiger partial charge is 0.277 e. The van der Waals surface area contributed by atoms with Crippen molar-refractivity contribution in [3.8, 4) is 0 Å². The highest BCUT2D eigenvalue weighted by molar-refractivity contribution is 7.99. The zero-order valence-corrected chi connectivity index (χ0v) is 14.1. The molecule has 2 N–H and O–H groups in total. The van der Waals surface area contributed by atoms with Crippen LogP contribution in [-0.2, 0) is 4.79 Å². The van der Waals surface area contributed by atoms with Crippen LogP contribution in [0.4, 0.5) is 5.69 Å². The summed E-state index contributed by atoms with van der Waals surface area (Å²) in [5.41, 5.74) is 3.08. The molecule has 0 saturated carbocycles. The van der Waals surface area contributed by atoms with Gasteiger partial charge in [-0.25, -0.2) is 0 Å². The second-order valence-corrected chi connectivity index (χ2v) is 6.57. The first kappa shape index (κ1) is 16.0. The lowest BCUT2D eigenvalue weighted by molar-refractivity contribution is -0.113. The minimum Gasteiger partial charge on any atom is -0.414 e. The molecule has 7 heteroatoms. The molecule has 1 aromatic heterocycles. The normalized spacial score (nSPS) is 17.4. The topological polar surface area (TPSA) is 80.0 Å². The van der Waals surface area contributed by atoms with Crippen molar-refractivity contribution in [3.05, 3.63) is 35.2 Å². The van der Waals surface area contributed by atoms with Crippen LogP contribution >= 0.6 is 11.8 Å². The maximum atomic E-state index is 12.1. The highest BCUT2D eigenvalue weighted by Gasteiger charge is 2.22. The summed E-state index contributed by atoms with van der Waals surface area (Å²) in [5.74, 6) is 0.773. The number of carbonyl (C=O) groups is 1. The molecule has 0 aliphatic carbocycles. The van der Waals surface area contributed by atoms with Gasteiger partial charge >= 0.3 is 0 Å². The standard InChI is InChI=1S/C16H20N4O2S/c1-10-5-3-6-12(11(10)2)18-14(21)9-23-16-20-19-15(22-16)13-7-4-8-17-13/h3,5-6,13,17H,4,7-9H2,1-2H3,(H,18,21)/t13-/m0/s1. The van der Waals surface area contributed by atoms with Crippen LogP contribution in [0.25, 0.3) is 0 Å². The Labute approximate surface area is 139 Å². The monoisotopic (exact) mass is 332 g/mol.